The molecule has 2 heterocycles. The number of unbranched alkanes of at least 4 members (excludes halogenated alkanes) is 2. The van der Waals surface area contributed by atoms with Gasteiger partial charge in [0.1, 0.15) is 0 Å². The number of rotatable bonds is 7. The van der Waals surface area contributed by atoms with Crippen LogP contribution in [0.1, 0.15) is 64.7 Å². The van der Waals surface area contributed by atoms with E-state index >= 15 is 0 Å². The van der Waals surface area contributed by atoms with Crippen LogP contribution in [0, 0.1) is 0 Å². The number of piperidine rings is 2. The monoisotopic (exact) mass is 281 g/mol. The van der Waals surface area contributed by atoms with Gasteiger partial charge in [0, 0.05) is 18.6 Å². The van der Waals surface area contributed by atoms with E-state index in [9.17, 15) is 0 Å². The van der Waals surface area contributed by atoms with Gasteiger partial charge >= 0.3 is 0 Å². The van der Waals surface area contributed by atoms with E-state index in [1.54, 1.807) is 0 Å². The van der Waals surface area contributed by atoms with Gasteiger partial charge in [0.25, 0.3) is 0 Å². The van der Waals surface area contributed by atoms with Crippen LogP contribution >= 0.6 is 0 Å². The van der Waals surface area contributed by atoms with Crippen LogP contribution in [0.25, 0.3) is 0 Å². The van der Waals surface area contributed by atoms with Crippen molar-refractivity contribution >= 4 is 0 Å². The average molecular weight is 281 g/mol. The molecule has 0 amide bonds. The molecule has 2 rings (SSSR count). The van der Waals surface area contributed by atoms with Crippen molar-refractivity contribution in [2.45, 2.75) is 76.8 Å². The highest BCUT2D eigenvalue weighted by atomic mass is 15.2. The molecule has 0 bridgehead atoms. The summed E-state index contributed by atoms with van der Waals surface area (Å²) in [6.07, 6.45) is 12.3. The molecule has 3 nitrogen and oxygen atoms in total. The first-order valence-corrected chi connectivity index (χ1v) is 9.03. The highest BCUT2D eigenvalue weighted by molar-refractivity contribution is 4.84. The van der Waals surface area contributed by atoms with Crippen molar-refractivity contribution in [2.75, 3.05) is 32.7 Å². The molecule has 0 aromatic rings. The first kappa shape index (κ1) is 16.3. The lowest BCUT2D eigenvalue weighted by atomic mass is 9.97. The number of likely N-dealkylation sites (tertiary alicyclic amines) is 2. The minimum absolute atomic E-state index is 0.642. The molecular weight excluding hydrogens is 246 g/mol. The fourth-order valence-corrected chi connectivity index (χ4v) is 3.98. The number of hydrogen-bond acceptors (Lipinski definition) is 3. The van der Waals surface area contributed by atoms with Gasteiger partial charge in [0.15, 0.2) is 0 Å². The molecule has 2 aliphatic heterocycles. The fraction of sp³-hybridized carbons (Fsp3) is 1.00. The molecule has 118 valence electrons. The second-order valence-electron chi connectivity index (χ2n) is 6.75. The van der Waals surface area contributed by atoms with E-state index in [1.807, 2.05) is 0 Å². The number of hydrogen-bond donors (Lipinski definition) is 1. The lowest BCUT2D eigenvalue weighted by Crippen LogP contribution is -2.50. The van der Waals surface area contributed by atoms with Crippen molar-refractivity contribution in [1.29, 1.82) is 0 Å². The summed E-state index contributed by atoms with van der Waals surface area (Å²) >= 11 is 0. The normalized spacial score (nSPS) is 24.9. The van der Waals surface area contributed by atoms with Crippen LogP contribution in [0.2, 0.25) is 0 Å². The standard InChI is InChI=1S/C17H35N3/c1-2-3-5-8-17(15-18)20-13-9-16(10-14-20)19-11-6-4-7-12-19/h16-17H,2-15,18H2,1H3. The Morgan fingerprint density at radius 2 is 1.70 bits per heavy atom. The van der Waals surface area contributed by atoms with Gasteiger partial charge in [0.2, 0.25) is 0 Å². The van der Waals surface area contributed by atoms with Gasteiger partial charge in [0.05, 0.1) is 0 Å². The van der Waals surface area contributed by atoms with Crippen LogP contribution in [0.15, 0.2) is 0 Å². The Bertz CT molecular complexity index is 243. The van der Waals surface area contributed by atoms with Crippen LogP contribution in [0.4, 0.5) is 0 Å². The molecule has 0 radical (unpaired) electrons. The average Bonchev–Trinajstić information content (AvgIpc) is 2.53. The Morgan fingerprint density at radius 1 is 1.00 bits per heavy atom. The summed E-state index contributed by atoms with van der Waals surface area (Å²) in [6.45, 7) is 8.37. The minimum Gasteiger partial charge on any atom is -0.329 e. The van der Waals surface area contributed by atoms with Gasteiger partial charge in [-0.1, -0.05) is 32.6 Å². The first-order chi connectivity index (χ1) is 9.85. The van der Waals surface area contributed by atoms with E-state index in [-0.39, 0.29) is 0 Å². The molecule has 3 heteroatoms. The number of nitrogens with zero attached hydrogens (tertiary/aromatic N) is 2. The maximum atomic E-state index is 6.01. The highest BCUT2D eigenvalue weighted by Crippen LogP contribution is 2.23. The summed E-state index contributed by atoms with van der Waals surface area (Å²) in [5.74, 6) is 0. The summed E-state index contributed by atoms with van der Waals surface area (Å²) in [7, 11) is 0. The molecule has 1 unspecified atom stereocenters. The third-order valence-corrected chi connectivity index (χ3v) is 5.34. The van der Waals surface area contributed by atoms with Crippen LogP contribution in [-0.4, -0.2) is 54.6 Å². The summed E-state index contributed by atoms with van der Waals surface area (Å²) in [6, 6.07) is 1.50. The van der Waals surface area contributed by atoms with Gasteiger partial charge < -0.3 is 10.6 Å². The van der Waals surface area contributed by atoms with Crippen molar-refractivity contribution in [3.05, 3.63) is 0 Å². The molecular formula is C17H35N3. The molecule has 2 saturated heterocycles. The van der Waals surface area contributed by atoms with Crippen molar-refractivity contribution in [2.24, 2.45) is 5.73 Å². The second-order valence-corrected chi connectivity index (χ2v) is 6.75. The van der Waals surface area contributed by atoms with Crippen molar-refractivity contribution < 1.29 is 0 Å². The molecule has 0 spiro atoms. The topological polar surface area (TPSA) is 32.5 Å². The van der Waals surface area contributed by atoms with Crippen LogP contribution in [0.3, 0.4) is 0 Å². The molecule has 0 aromatic heterocycles. The predicted octanol–water partition coefficient (Wildman–Crippen LogP) is 2.84. The fourth-order valence-electron chi connectivity index (χ4n) is 3.98. The van der Waals surface area contributed by atoms with Crippen molar-refractivity contribution in [3.8, 4) is 0 Å². The predicted molar refractivity (Wildman–Crippen MR) is 87.0 cm³/mol. The quantitative estimate of drug-likeness (QED) is 0.728. The van der Waals surface area contributed by atoms with Gasteiger partial charge in [-0.3, -0.25) is 4.90 Å². The molecule has 0 aromatic carbocycles. The Hall–Kier alpha value is -0.120. The third kappa shape index (κ3) is 4.71. The molecule has 20 heavy (non-hydrogen) atoms. The SMILES string of the molecule is CCCCCC(CN)N1CCC(N2CCCCC2)CC1. The van der Waals surface area contributed by atoms with Gasteiger partial charge in [-0.25, -0.2) is 0 Å². The summed E-state index contributed by atoms with van der Waals surface area (Å²) in [5, 5.41) is 0. The minimum atomic E-state index is 0.642. The maximum Gasteiger partial charge on any atom is 0.0218 e. The van der Waals surface area contributed by atoms with Crippen molar-refractivity contribution in [1.82, 2.24) is 9.80 Å². The summed E-state index contributed by atoms with van der Waals surface area (Å²) < 4.78 is 0. The van der Waals surface area contributed by atoms with E-state index in [0.717, 1.165) is 12.6 Å². The molecule has 2 N–H and O–H groups in total. The number of nitrogens with two attached hydrogens (primary N) is 1. The Kier molecular flexibility index (Phi) is 7.32. The van der Waals surface area contributed by atoms with Gasteiger partial charge in [-0.15, -0.1) is 0 Å². The van der Waals surface area contributed by atoms with E-state index in [4.69, 9.17) is 5.73 Å². The molecule has 1 atom stereocenters. The zero-order chi connectivity index (χ0) is 14.2. The third-order valence-electron chi connectivity index (χ3n) is 5.34. The molecule has 0 saturated carbocycles. The first-order valence-electron chi connectivity index (χ1n) is 9.03. The van der Waals surface area contributed by atoms with Crippen LogP contribution in [0.5, 0.6) is 0 Å². The highest BCUT2D eigenvalue weighted by Gasteiger charge is 2.28. The zero-order valence-corrected chi connectivity index (χ0v) is 13.5. The Morgan fingerprint density at radius 3 is 2.30 bits per heavy atom. The largest absolute Gasteiger partial charge is 0.329 e. The second kappa shape index (κ2) is 9.01. The van der Waals surface area contributed by atoms with Crippen LogP contribution < -0.4 is 5.73 Å². The molecule has 0 aliphatic carbocycles. The van der Waals surface area contributed by atoms with Gasteiger partial charge in [-0.05, 0) is 58.3 Å². The van der Waals surface area contributed by atoms with Gasteiger partial charge in [-0.2, -0.15) is 0 Å². The van der Waals surface area contributed by atoms with Crippen LogP contribution in [-0.2, 0) is 0 Å². The van der Waals surface area contributed by atoms with E-state index in [1.165, 1.54) is 84.0 Å². The summed E-state index contributed by atoms with van der Waals surface area (Å²) in [4.78, 5) is 5.44. The molecule has 2 aliphatic rings. The lowest BCUT2D eigenvalue weighted by molar-refractivity contribution is 0.0710. The zero-order valence-electron chi connectivity index (χ0n) is 13.5. The smallest absolute Gasteiger partial charge is 0.0218 e. The van der Waals surface area contributed by atoms with E-state index in [2.05, 4.69) is 16.7 Å². The van der Waals surface area contributed by atoms with E-state index < -0.39 is 0 Å². The van der Waals surface area contributed by atoms with E-state index in [0.29, 0.717) is 6.04 Å². The Balaban J connectivity index is 1.71. The molecule has 2 fully saturated rings. The maximum absolute atomic E-state index is 6.01. The summed E-state index contributed by atoms with van der Waals surface area (Å²) in [5.41, 5.74) is 6.01. The lowest BCUT2D eigenvalue weighted by Gasteiger charge is -2.42. The van der Waals surface area contributed by atoms with Crippen molar-refractivity contribution in [3.63, 3.8) is 0 Å². The Labute approximate surface area is 125 Å².